The summed E-state index contributed by atoms with van der Waals surface area (Å²) >= 11 is 6.01. The van der Waals surface area contributed by atoms with Gasteiger partial charge in [0.2, 0.25) is 0 Å². The van der Waals surface area contributed by atoms with Crippen molar-refractivity contribution in [2.45, 2.75) is 32.2 Å². The summed E-state index contributed by atoms with van der Waals surface area (Å²) in [6.45, 7) is 0.693. The smallest absolute Gasteiger partial charge is 0.261 e. The van der Waals surface area contributed by atoms with Crippen molar-refractivity contribution in [3.8, 4) is 6.07 Å². The second-order valence-electron chi connectivity index (χ2n) is 6.79. The summed E-state index contributed by atoms with van der Waals surface area (Å²) in [6, 6.07) is 11.6. The molecule has 1 aliphatic heterocycles. The van der Waals surface area contributed by atoms with E-state index in [2.05, 4.69) is 10.3 Å². The van der Waals surface area contributed by atoms with E-state index in [9.17, 15) is 9.59 Å². The minimum Gasteiger partial charge on any atom is -0.322 e. The maximum absolute atomic E-state index is 12.8. The largest absolute Gasteiger partial charge is 0.322 e. The molecule has 4 rings (SSSR count). The van der Waals surface area contributed by atoms with Gasteiger partial charge in [0.15, 0.2) is 0 Å². The lowest BCUT2D eigenvalue weighted by molar-refractivity contribution is 0.102. The van der Waals surface area contributed by atoms with Crippen molar-refractivity contribution < 1.29 is 4.79 Å². The summed E-state index contributed by atoms with van der Waals surface area (Å²) in [5, 5.41) is 12.5. The normalized spacial score (nSPS) is 13.4. The average Bonchev–Trinajstić information content (AvgIpc) is 2.93. The Morgan fingerprint density at radius 3 is 2.82 bits per heavy atom. The molecule has 1 N–H and O–H groups in total. The first-order valence-corrected chi connectivity index (χ1v) is 9.49. The zero-order chi connectivity index (χ0) is 19.7. The van der Waals surface area contributed by atoms with E-state index in [1.807, 2.05) is 6.07 Å². The van der Waals surface area contributed by atoms with E-state index in [1.165, 1.54) is 6.07 Å². The Kier molecular flexibility index (Phi) is 4.84. The maximum atomic E-state index is 12.8. The maximum Gasteiger partial charge on any atom is 0.261 e. The highest BCUT2D eigenvalue weighted by molar-refractivity contribution is 6.32. The molecule has 0 bridgehead atoms. The van der Waals surface area contributed by atoms with Gasteiger partial charge < -0.3 is 5.32 Å². The summed E-state index contributed by atoms with van der Waals surface area (Å²) in [5.41, 5.74) is 1.72. The number of halogens is 1. The molecular weight excluding hydrogens is 376 g/mol. The Bertz CT molecular complexity index is 1190. The summed E-state index contributed by atoms with van der Waals surface area (Å²) in [7, 11) is 0. The highest BCUT2D eigenvalue weighted by Gasteiger charge is 2.15. The van der Waals surface area contributed by atoms with Crippen LogP contribution in [0.25, 0.3) is 10.9 Å². The number of anilines is 1. The molecule has 7 heteroatoms. The third-order valence-corrected chi connectivity index (χ3v) is 5.24. The van der Waals surface area contributed by atoms with Crippen molar-refractivity contribution in [2.75, 3.05) is 5.32 Å². The first kappa shape index (κ1) is 18.2. The molecule has 140 valence electrons. The fraction of sp³-hybridized carbons (Fsp3) is 0.238. The van der Waals surface area contributed by atoms with Crippen LogP contribution in [-0.2, 0) is 13.0 Å². The van der Waals surface area contributed by atoms with Gasteiger partial charge in [-0.1, -0.05) is 18.0 Å². The van der Waals surface area contributed by atoms with E-state index in [1.54, 1.807) is 34.9 Å². The fourth-order valence-electron chi connectivity index (χ4n) is 3.45. The lowest BCUT2D eigenvalue weighted by atomic mass is 10.1. The average molecular weight is 393 g/mol. The molecule has 1 amide bonds. The number of rotatable bonds is 2. The van der Waals surface area contributed by atoms with Crippen LogP contribution < -0.4 is 10.9 Å². The molecule has 1 aromatic heterocycles. The molecule has 1 aliphatic rings. The van der Waals surface area contributed by atoms with E-state index in [4.69, 9.17) is 16.9 Å². The predicted octanol–water partition coefficient (Wildman–Crippen LogP) is 3.90. The van der Waals surface area contributed by atoms with Crippen molar-refractivity contribution in [3.63, 3.8) is 0 Å². The predicted molar refractivity (Wildman–Crippen MR) is 108 cm³/mol. The van der Waals surface area contributed by atoms with Crippen LogP contribution in [0, 0.1) is 11.3 Å². The number of hydrogen-bond acceptors (Lipinski definition) is 4. The highest BCUT2D eigenvalue weighted by Crippen LogP contribution is 2.21. The van der Waals surface area contributed by atoms with Gasteiger partial charge in [-0.3, -0.25) is 14.2 Å². The van der Waals surface area contributed by atoms with Crippen LogP contribution >= 0.6 is 11.6 Å². The number of hydrogen-bond donors (Lipinski definition) is 1. The van der Waals surface area contributed by atoms with Crippen molar-refractivity contribution in [1.29, 1.82) is 5.26 Å². The molecule has 0 aliphatic carbocycles. The Balaban J connectivity index is 1.67. The molecule has 6 nitrogen and oxygen atoms in total. The van der Waals surface area contributed by atoms with Crippen LogP contribution in [-0.4, -0.2) is 15.5 Å². The van der Waals surface area contributed by atoms with Gasteiger partial charge in [0, 0.05) is 24.2 Å². The van der Waals surface area contributed by atoms with E-state index in [-0.39, 0.29) is 16.5 Å². The summed E-state index contributed by atoms with van der Waals surface area (Å²) in [5.74, 6) is 0.450. The third-order valence-electron chi connectivity index (χ3n) is 4.93. The number of fused-ring (bicyclic) bond motifs is 2. The molecular formula is C21H17ClN4O2. The Labute approximate surface area is 166 Å². The first-order chi connectivity index (χ1) is 13.6. The first-order valence-electron chi connectivity index (χ1n) is 9.11. The van der Waals surface area contributed by atoms with Gasteiger partial charge in [-0.15, -0.1) is 0 Å². The van der Waals surface area contributed by atoms with Gasteiger partial charge >= 0.3 is 0 Å². The van der Waals surface area contributed by atoms with Crippen molar-refractivity contribution in [1.82, 2.24) is 9.55 Å². The number of carbonyl (C=O) groups is 1. The van der Waals surface area contributed by atoms with Crippen LogP contribution in [0.15, 0.2) is 41.2 Å². The van der Waals surface area contributed by atoms with Crippen LogP contribution in [0.2, 0.25) is 5.02 Å². The molecule has 0 atom stereocenters. The number of nitrogens with zero attached hydrogens (tertiary/aromatic N) is 3. The lowest BCUT2D eigenvalue weighted by Gasteiger charge is -2.11. The number of aromatic nitrogens is 2. The summed E-state index contributed by atoms with van der Waals surface area (Å²) in [4.78, 5) is 30.0. The van der Waals surface area contributed by atoms with Gasteiger partial charge in [0.05, 0.1) is 21.5 Å². The second kappa shape index (κ2) is 7.45. The molecule has 28 heavy (non-hydrogen) atoms. The standard InChI is InChI=1S/C21H17ClN4O2/c22-17-11-15(7-5-14(17)12-23)24-20(27)13-6-8-16-18(10-13)25-19-4-2-1-3-9-26(19)21(16)28/h5-8,10-11H,1-4,9H2,(H,24,27). The minimum atomic E-state index is -0.334. The third kappa shape index (κ3) is 3.37. The van der Waals surface area contributed by atoms with E-state index in [0.717, 1.165) is 31.5 Å². The monoisotopic (exact) mass is 392 g/mol. The molecule has 0 radical (unpaired) electrons. The van der Waals surface area contributed by atoms with Gasteiger partial charge in [0.25, 0.3) is 11.5 Å². The number of amides is 1. The summed E-state index contributed by atoms with van der Waals surface area (Å²) < 4.78 is 1.76. The van der Waals surface area contributed by atoms with E-state index in [0.29, 0.717) is 34.3 Å². The van der Waals surface area contributed by atoms with Gasteiger partial charge in [0.1, 0.15) is 11.9 Å². The number of aryl methyl sites for hydroxylation is 1. The SMILES string of the molecule is N#Cc1ccc(NC(=O)c2ccc3c(=O)n4c(nc3c2)CCCCC4)cc1Cl. The van der Waals surface area contributed by atoms with Crippen LogP contribution in [0.1, 0.15) is 41.0 Å². The van der Waals surface area contributed by atoms with Crippen molar-refractivity contribution in [3.05, 3.63) is 68.7 Å². The van der Waals surface area contributed by atoms with Crippen LogP contribution in [0.3, 0.4) is 0 Å². The number of nitrogens with one attached hydrogen (secondary N) is 1. The molecule has 0 unspecified atom stereocenters. The van der Waals surface area contributed by atoms with Gasteiger partial charge in [-0.2, -0.15) is 5.26 Å². The number of benzene rings is 2. The van der Waals surface area contributed by atoms with Gasteiger partial charge in [-0.25, -0.2) is 4.98 Å². The Morgan fingerprint density at radius 1 is 1.18 bits per heavy atom. The van der Waals surface area contributed by atoms with Crippen LogP contribution in [0.4, 0.5) is 5.69 Å². The lowest BCUT2D eigenvalue weighted by Crippen LogP contribution is -2.24. The van der Waals surface area contributed by atoms with Gasteiger partial charge in [-0.05, 0) is 49.2 Å². The molecule has 3 aromatic rings. The van der Waals surface area contributed by atoms with Crippen LogP contribution in [0.5, 0.6) is 0 Å². The van der Waals surface area contributed by atoms with Crippen molar-refractivity contribution >= 4 is 34.1 Å². The second-order valence-corrected chi connectivity index (χ2v) is 7.20. The van der Waals surface area contributed by atoms with E-state index < -0.39 is 0 Å². The number of nitriles is 1. The molecule has 2 heterocycles. The molecule has 0 spiro atoms. The Morgan fingerprint density at radius 2 is 2.04 bits per heavy atom. The minimum absolute atomic E-state index is 0.0484. The molecule has 0 saturated heterocycles. The summed E-state index contributed by atoms with van der Waals surface area (Å²) in [6.07, 6.45) is 3.84. The van der Waals surface area contributed by atoms with E-state index >= 15 is 0 Å². The zero-order valence-corrected chi connectivity index (χ0v) is 15.8. The molecule has 0 fully saturated rings. The highest BCUT2D eigenvalue weighted by atomic mass is 35.5. The Hall–Kier alpha value is -3.17. The fourth-order valence-corrected chi connectivity index (χ4v) is 3.67. The molecule has 2 aromatic carbocycles. The van der Waals surface area contributed by atoms with Crippen molar-refractivity contribution in [2.24, 2.45) is 0 Å². The molecule has 0 saturated carbocycles. The zero-order valence-electron chi connectivity index (χ0n) is 15.0. The topological polar surface area (TPSA) is 87.8 Å². The quantitative estimate of drug-likeness (QED) is 0.716. The number of carbonyl (C=O) groups excluding carboxylic acids is 1.